The lowest BCUT2D eigenvalue weighted by atomic mass is 10.1. The quantitative estimate of drug-likeness (QED) is 0.137. The van der Waals surface area contributed by atoms with Gasteiger partial charge in [-0.05, 0) is 104 Å². The summed E-state index contributed by atoms with van der Waals surface area (Å²) in [5.41, 5.74) is 2.16. The number of sulfone groups is 1. The van der Waals surface area contributed by atoms with Crippen molar-refractivity contribution in [1.29, 1.82) is 0 Å². The summed E-state index contributed by atoms with van der Waals surface area (Å²) >= 11 is 5.98. The maximum Gasteiger partial charge on any atom is 0.338 e. The molecule has 214 valence electrons. The molecule has 0 fully saturated rings. The van der Waals surface area contributed by atoms with E-state index in [0.717, 1.165) is 24.0 Å². The van der Waals surface area contributed by atoms with E-state index in [1.54, 1.807) is 67.6 Å². The number of hydrogen-bond donors (Lipinski definition) is 2. The SMILES string of the molecule is CCOC(=O)c1cccc(Oc2ccc(S(=O)(=O)c3ccc(CCCNC[C@@H](O)c4cccc(Cl)c4)cc3)cc2)c1. The van der Waals surface area contributed by atoms with Crippen LogP contribution in [0.1, 0.15) is 40.9 Å². The highest BCUT2D eigenvalue weighted by Gasteiger charge is 2.18. The predicted octanol–water partition coefficient (Wildman–Crippen LogP) is 6.40. The Kier molecular flexibility index (Phi) is 10.5. The monoisotopic (exact) mass is 593 g/mol. The van der Waals surface area contributed by atoms with Crippen LogP contribution in [0.4, 0.5) is 0 Å². The highest BCUT2D eigenvalue weighted by Crippen LogP contribution is 2.27. The molecule has 0 radical (unpaired) electrons. The molecule has 0 aliphatic carbocycles. The Hall–Kier alpha value is -3.69. The fourth-order valence-corrected chi connectivity index (χ4v) is 5.64. The van der Waals surface area contributed by atoms with E-state index >= 15 is 0 Å². The van der Waals surface area contributed by atoms with Gasteiger partial charge in [0, 0.05) is 11.6 Å². The number of esters is 1. The summed E-state index contributed by atoms with van der Waals surface area (Å²) in [6.45, 7) is 3.14. The molecule has 0 unspecified atom stereocenters. The Labute approximate surface area is 245 Å². The second-order valence-electron chi connectivity index (χ2n) is 9.35. The second kappa shape index (κ2) is 14.3. The van der Waals surface area contributed by atoms with Crippen LogP contribution in [0.25, 0.3) is 0 Å². The molecule has 1 atom stereocenters. The molecular formula is C32H32ClNO6S. The zero-order valence-corrected chi connectivity index (χ0v) is 24.2. The minimum atomic E-state index is -3.70. The molecule has 2 N–H and O–H groups in total. The van der Waals surface area contributed by atoms with Gasteiger partial charge in [0.15, 0.2) is 0 Å². The van der Waals surface area contributed by atoms with E-state index in [-0.39, 0.29) is 16.4 Å². The van der Waals surface area contributed by atoms with Gasteiger partial charge >= 0.3 is 5.97 Å². The molecule has 0 aliphatic rings. The molecule has 4 aromatic carbocycles. The van der Waals surface area contributed by atoms with Crippen LogP contribution in [0.3, 0.4) is 0 Å². The molecule has 0 bridgehead atoms. The first-order valence-electron chi connectivity index (χ1n) is 13.3. The zero-order valence-electron chi connectivity index (χ0n) is 22.6. The Balaban J connectivity index is 1.28. The molecule has 0 aromatic heterocycles. The highest BCUT2D eigenvalue weighted by molar-refractivity contribution is 7.91. The van der Waals surface area contributed by atoms with Gasteiger partial charge in [-0.3, -0.25) is 0 Å². The number of aryl methyl sites for hydroxylation is 1. The van der Waals surface area contributed by atoms with Crippen LogP contribution in [0.5, 0.6) is 11.5 Å². The van der Waals surface area contributed by atoms with E-state index in [4.69, 9.17) is 21.1 Å². The summed E-state index contributed by atoms with van der Waals surface area (Å²) in [6.07, 6.45) is 0.962. The molecular weight excluding hydrogens is 562 g/mol. The molecule has 4 rings (SSSR count). The van der Waals surface area contributed by atoms with Gasteiger partial charge in [-0.2, -0.15) is 0 Å². The molecule has 0 saturated carbocycles. The maximum absolute atomic E-state index is 13.2. The van der Waals surface area contributed by atoms with Crippen LogP contribution >= 0.6 is 11.6 Å². The lowest BCUT2D eigenvalue weighted by Gasteiger charge is -2.12. The van der Waals surface area contributed by atoms with Crippen molar-refractivity contribution in [3.63, 3.8) is 0 Å². The standard InChI is InChI=1S/C32H32ClNO6S/c1-2-39-32(36)25-8-4-10-28(21-25)40-27-13-17-30(18-14-27)41(37,38)29-15-11-23(12-16-29)6-5-19-34-22-31(35)24-7-3-9-26(33)20-24/h3-4,7-18,20-21,31,34-35H,2,5-6,19,22H2,1H3/t31-/m1/s1. The topological polar surface area (TPSA) is 102 Å². The number of benzene rings is 4. The summed E-state index contributed by atoms with van der Waals surface area (Å²) in [5, 5.41) is 14.1. The fraction of sp³-hybridized carbons (Fsp3) is 0.219. The lowest BCUT2D eigenvalue weighted by molar-refractivity contribution is 0.0526. The van der Waals surface area contributed by atoms with Crippen molar-refractivity contribution in [2.75, 3.05) is 19.7 Å². The lowest BCUT2D eigenvalue weighted by Crippen LogP contribution is -2.22. The normalized spacial score (nSPS) is 12.1. The molecule has 0 saturated heterocycles. The van der Waals surface area contributed by atoms with Crippen molar-refractivity contribution in [1.82, 2.24) is 5.32 Å². The third-order valence-corrected chi connectivity index (χ3v) is 8.36. The highest BCUT2D eigenvalue weighted by atomic mass is 35.5. The van der Waals surface area contributed by atoms with Crippen LogP contribution in [0, 0.1) is 0 Å². The minimum Gasteiger partial charge on any atom is -0.462 e. The molecule has 41 heavy (non-hydrogen) atoms. The van der Waals surface area contributed by atoms with E-state index in [2.05, 4.69) is 5.32 Å². The minimum absolute atomic E-state index is 0.153. The van der Waals surface area contributed by atoms with E-state index in [1.807, 2.05) is 24.3 Å². The molecule has 7 nitrogen and oxygen atoms in total. The van der Waals surface area contributed by atoms with Gasteiger partial charge in [0.2, 0.25) is 9.84 Å². The van der Waals surface area contributed by atoms with Crippen molar-refractivity contribution >= 4 is 27.4 Å². The first-order valence-corrected chi connectivity index (χ1v) is 15.2. The largest absolute Gasteiger partial charge is 0.462 e. The van der Waals surface area contributed by atoms with Crippen molar-refractivity contribution in [3.8, 4) is 11.5 Å². The summed E-state index contributed by atoms with van der Waals surface area (Å²) in [4.78, 5) is 12.3. The predicted molar refractivity (Wildman–Crippen MR) is 158 cm³/mol. The number of hydrogen-bond acceptors (Lipinski definition) is 7. The fourth-order valence-electron chi connectivity index (χ4n) is 4.18. The molecule has 0 amide bonds. The van der Waals surface area contributed by atoms with E-state index in [9.17, 15) is 18.3 Å². The third-order valence-electron chi connectivity index (χ3n) is 6.34. The number of rotatable bonds is 13. The Morgan fingerprint density at radius 2 is 1.59 bits per heavy atom. The number of aliphatic hydroxyl groups is 1. The third kappa shape index (κ3) is 8.41. The van der Waals surface area contributed by atoms with Crippen molar-refractivity contribution in [2.45, 2.75) is 35.7 Å². The maximum atomic E-state index is 13.2. The summed E-state index contributed by atoms with van der Waals surface area (Å²) in [7, 11) is -3.70. The molecule has 0 heterocycles. The number of aliphatic hydroxyl groups excluding tert-OH is 1. The van der Waals surface area contributed by atoms with Crippen molar-refractivity contribution < 1.29 is 27.8 Å². The van der Waals surface area contributed by atoms with Crippen LogP contribution in [-0.2, 0) is 21.0 Å². The zero-order chi connectivity index (χ0) is 29.2. The van der Waals surface area contributed by atoms with E-state index in [0.29, 0.717) is 35.2 Å². The summed E-state index contributed by atoms with van der Waals surface area (Å²) < 4.78 is 37.1. The Morgan fingerprint density at radius 1 is 0.902 bits per heavy atom. The first-order chi connectivity index (χ1) is 19.8. The summed E-state index contributed by atoms with van der Waals surface area (Å²) in [6, 6.07) is 26.8. The number of halogens is 1. The van der Waals surface area contributed by atoms with Crippen LogP contribution in [-0.4, -0.2) is 39.2 Å². The molecule has 0 spiro atoms. The van der Waals surface area contributed by atoms with Gasteiger partial charge in [0.1, 0.15) is 11.5 Å². The number of carbonyl (C=O) groups is 1. The Morgan fingerprint density at radius 3 is 2.27 bits per heavy atom. The van der Waals surface area contributed by atoms with E-state index in [1.165, 1.54) is 12.1 Å². The molecule has 4 aromatic rings. The van der Waals surface area contributed by atoms with Crippen LogP contribution in [0.15, 0.2) is 107 Å². The summed E-state index contributed by atoms with van der Waals surface area (Å²) in [5.74, 6) is 0.440. The van der Waals surface area contributed by atoms with Gasteiger partial charge < -0.3 is 19.9 Å². The van der Waals surface area contributed by atoms with E-state index < -0.39 is 21.9 Å². The first kappa shape index (κ1) is 30.3. The number of nitrogens with one attached hydrogen (secondary N) is 1. The average Bonchev–Trinajstić information content (AvgIpc) is 2.98. The number of carbonyl (C=O) groups excluding carboxylic acids is 1. The van der Waals surface area contributed by atoms with Crippen LogP contribution in [0.2, 0.25) is 5.02 Å². The Bertz CT molecular complexity index is 1560. The van der Waals surface area contributed by atoms with Gasteiger partial charge in [-0.15, -0.1) is 0 Å². The van der Waals surface area contributed by atoms with Crippen molar-refractivity contribution in [2.24, 2.45) is 0 Å². The van der Waals surface area contributed by atoms with Gasteiger partial charge in [0.25, 0.3) is 0 Å². The van der Waals surface area contributed by atoms with Gasteiger partial charge in [-0.1, -0.05) is 41.9 Å². The van der Waals surface area contributed by atoms with Gasteiger partial charge in [0.05, 0.1) is 28.1 Å². The van der Waals surface area contributed by atoms with Crippen molar-refractivity contribution in [3.05, 3.63) is 119 Å². The second-order valence-corrected chi connectivity index (χ2v) is 11.7. The molecule has 9 heteroatoms. The average molecular weight is 594 g/mol. The molecule has 0 aliphatic heterocycles. The number of ether oxygens (including phenoxy) is 2. The van der Waals surface area contributed by atoms with Gasteiger partial charge in [-0.25, -0.2) is 13.2 Å². The van der Waals surface area contributed by atoms with Crippen LogP contribution < -0.4 is 10.1 Å². The smallest absolute Gasteiger partial charge is 0.338 e.